The fourth-order valence-electron chi connectivity index (χ4n) is 2.46. The maximum Gasteiger partial charge on any atom is 0.240 e. The standard InChI is InChI=1S/C14H18Cl2N2O/c1-3-18(2)14(19)13-10(6-7-17-13)9-4-5-11(15)12(16)8-9/h4-5,8,10,13,17H,3,6-7H2,1-2H3. The van der Waals surface area contributed by atoms with Crippen molar-refractivity contribution in [2.45, 2.75) is 25.3 Å². The largest absolute Gasteiger partial charge is 0.345 e. The van der Waals surface area contributed by atoms with E-state index in [1.54, 1.807) is 11.0 Å². The number of rotatable bonds is 3. The molecule has 1 heterocycles. The second-order valence-electron chi connectivity index (χ2n) is 4.85. The van der Waals surface area contributed by atoms with Gasteiger partial charge < -0.3 is 10.2 Å². The monoisotopic (exact) mass is 300 g/mol. The summed E-state index contributed by atoms with van der Waals surface area (Å²) in [5.74, 6) is 0.298. The lowest BCUT2D eigenvalue weighted by molar-refractivity contribution is -0.131. The van der Waals surface area contributed by atoms with Gasteiger partial charge in [0.05, 0.1) is 16.1 Å². The Hall–Kier alpha value is -0.770. The normalized spacial score (nSPS) is 22.5. The van der Waals surface area contributed by atoms with Crippen molar-refractivity contribution in [1.29, 1.82) is 0 Å². The molecule has 1 aliphatic rings. The van der Waals surface area contributed by atoms with E-state index in [1.165, 1.54) is 0 Å². The fourth-order valence-corrected chi connectivity index (χ4v) is 2.76. The van der Waals surface area contributed by atoms with Crippen molar-refractivity contribution in [3.05, 3.63) is 33.8 Å². The Morgan fingerprint density at radius 2 is 2.16 bits per heavy atom. The maximum absolute atomic E-state index is 12.3. The molecule has 1 saturated heterocycles. The predicted molar refractivity (Wildman–Crippen MR) is 78.9 cm³/mol. The van der Waals surface area contributed by atoms with E-state index in [2.05, 4.69) is 5.32 Å². The van der Waals surface area contributed by atoms with Crippen LogP contribution in [-0.4, -0.2) is 37.0 Å². The molecule has 3 nitrogen and oxygen atoms in total. The second kappa shape index (κ2) is 6.12. The number of benzene rings is 1. The zero-order valence-corrected chi connectivity index (χ0v) is 12.6. The van der Waals surface area contributed by atoms with E-state index in [-0.39, 0.29) is 17.9 Å². The lowest BCUT2D eigenvalue weighted by atomic mass is 9.91. The summed E-state index contributed by atoms with van der Waals surface area (Å²) in [6, 6.07) is 5.45. The average Bonchev–Trinajstić information content (AvgIpc) is 2.89. The number of halogens is 2. The number of nitrogens with zero attached hydrogens (tertiary/aromatic N) is 1. The van der Waals surface area contributed by atoms with Crippen LogP contribution >= 0.6 is 23.2 Å². The van der Waals surface area contributed by atoms with Crippen molar-refractivity contribution < 1.29 is 4.79 Å². The van der Waals surface area contributed by atoms with Gasteiger partial charge in [-0.15, -0.1) is 0 Å². The lowest BCUT2D eigenvalue weighted by Crippen LogP contribution is -2.44. The molecule has 5 heteroatoms. The van der Waals surface area contributed by atoms with E-state index >= 15 is 0 Å². The molecule has 0 aromatic heterocycles. The Morgan fingerprint density at radius 1 is 1.42 bits per heavy atom. The van der Waals surface area contributed by atoms with E-state index < -0.39 is 0 Å². The first kappa shape index (κ1) is 14.6. The van der Waals surface area contributed by atoms with Gasteiger partial charge in [-0.05, 0) is 37.6 Å². The van der Waals surface area contributed by atoms with Gasteiger partial charge in [0.1, 0.15) is 0 Å². The van der Waals surface area contributed by atoms with Crippen molar-refractivity contribution in [2.75, 3.05) is 20.1 Å². The van der Waals surface area contributed by atoms with Crippen molar-refractivity contribution in [3.8, 4) is 0 Å². The van der Waals surface area contributed by atoms with Gasteiger partial charge in [-0.3, -0.25) is 4.79 Å². The average molecular weight is 301 g/mol. The topological polar surface area (TPSA) is 32.3 Å². The van der Waals surface area contributed by atoms with Crippen LogP contribution in [0.5, 0.6) is 0 Å². The van der Waals surface area contributed by atoms with E-state index in [4.69, 9.17) is 23.2 Å². The first-order valence-corrected chi connectivity index (χ1v) is 7.23. The summed E-state index contributed by atoms with van der Waals surface area (Å²) in [6.07, 6.45) is 0.936. The minimum Gasteiger partial charge on any atom is -0.345 e. The third-order valence-electron chi connectivity index (χ3n) is 3.71. The van der Waals surface area contributed by atoms with Gasteiger partial charge in [0.15, 0.2) is 0 Å². The molecule has 2 unspecified atom stereocenters. The Morgan fingerprint density at radius 3 is 2.79 bits per heavy atom. The summed E-state index contributed by atoms with van der Waals surface area (Å²) >= 11 is 12.0. The van der Waals surface area contributed by atoms with Crippen molar-refractivity contribution >= 4 is 29.1 Å². The Bertz CT molecular complexity index is 479. The SMILES string of the molecule is CCN(C)C(=O)C1NCCC1c1ccc(Cl)c(Cl)c1. The number of hydrogen-bond acceptors (Lipinski definition) is 2. The van der Waals surface area contributed by atoms with Gasteiger partial charge in [0.2, 0.25) is 5.91 Å². The van der Waals surface area contributed by atoms with Gasteiger partial charge in [0, 0.05) is 19.5 Å². The first-order chi connectivity index (χ1) is 9.04. The van der Waals surface area contributed by atoms with Gasteiger partial charge in [-0.2, -0.15) is 0 Å². The van der Waals surface area contributed by atoms with Gasteiger partial charge in [-0.25, -0.2) is 0 Å². The molecule has 2 atom stereocenters. The molecule has 19 heavy (non-hydrogen) atoms. The number of hydrogen-bond donors (Lipinski definition) is 1. The molecule has 0 bridgehead atoms. The molecule has 1 amide bonds. The highest BCUT2D eigenvalue weighted by Crippen LogP contribution is 2.32. The molecule has 0 radical (unpaired) electrons. The van der Waals surface area contributed by atoms with Crippen molar-refractivity contribution in [1.82, 2.24) is 10.2 Å². The van der Waals surface area contributed by atoms with E-state index in [0.717, 1.165) is 18.5 Å². The molecule has 0 saturated carbocycles. The molecule has 1 N–H and O–H groups in total. The second-order valence-corrected chi connectivity index (χ2v) is 5.67. The summed E-state index contributed by atoms with van der Waals surface area (Å²) in [7, 11) is 1.83. The van der Waals surface area contributed by atoms with Crippen molar-refractivity contribution in [3.63, 3.8) is 0 Å². The smallest absolute Gasteiger partial charge is 0.240 e. The summed E-state index contributed by atoms with van der Waals surface area (Å²) in [4.78, 5) is 14.1. The van der Waals surface area contributed by atoms with Crippen LogP contribution < -0.4 is 5.32 Å². The molecule has 1 fully saturated rings. The molecule has 104 valence electrons. The van der Waals surface area contributed by atoms with Crippen LogP contribution in [-0.2, 0) is 4.79 Å². The van der Waals surface area contributed by atoms with Crippen LogP contribution in [0.4, 0.5) is 0 Å². The van der Waals surface area contributed by atoms with Gasteiger partial charge in [0.25, 0.3) is 0 Å². The van der Waals surface area contributed by atoms with E-state index in [9.17, 15) is 4.79 Å². The first-order valence-electron chi connectivity index (χ1n) is 6.48. The molecular weight excluding hydrogens is 283 g/mol. The summed E-state index contributed by atoms with van der Waals surface area (Å²) < 4.78 is 0. The Balaban J connectivity index is 2.23. The lowest BCUT2D eigenvalue weighted by Gasteiger charge is -2.24. The highest BCUT2D eigenvalue weighted by Gasteiger charge is 2.35. The number of nitrogens with one attached hydrogen (secondary N) is 1. The van der Waals surface area contributed by atoms with Crippen molar-refractivity contribution in [2.24, 2.45) is 0 Å². The summed E-state index contributed by atoms with van der Waals surface area (Å²) in [5.41, 5.74) is 1.07. The number of carbonyl (C=O) groups excluding carboxylic acids is 1. The van der Waals surface area contributed by atoms with Crippen LogP contribution in [0.25, 0.3) is 0 Å². The Labute approximate surface area is 123 Å². The van der Waals surface area contributed by atoms with Gasteiger partial charge in [-0.1, -0.05) is 29.3 Å². The highest BCUT2D eigenvalue weighted by atomic mass is 35.5. The van der Waals surface area contributed by atoms with Crippen LogP contribution in [0.2, 0.25) is 10.0 Å². The predicted octanol–water partition coefficient (Wildman–Crippen LogP) is 2.92. The number of likely N-dealkylation sites (N-methyl/N-ethyl adjacent to an activating group) is 1. The van der Waals surface area contributed by atoms with Crippen LogP contribution in [0.3, 0.4) is 0 Å². The zero-order chi connectivity index (χ0) is 14.0. The fraction of sp³-hybridized carbons (Fsp3) is 0.500. The summed E-state index contributed by atoms with van der Waals surface area (Å²) in [5, 5.41) is 4.38. The summed E-state index contributed by atoms with van der Waals surface area (Å²) in [6.45, 7) is 3.53. The number of amides is 1. The minimum atomic E-state index is -0.165. The Kier molecular flexibility index (Phi) is 4.71. The highest BCUT2D eigenvalue weighted by molar-refractivity contribution is 6.42. The van der Waals surface area contributed by atoms with Crippen LogP contribution in [0, 0.1) is 0 Å². The molecule has 0 aliphatic carbocycles. The quantitative estimate of drug-likeness (QED) is 0.931. The molecule has 1 aromatic rings. The molecule has 0 spiro atoms. The van der Waals surface area contributed by atoms with E-state index in [0.29, 0.717) is 16.6 Å². The molecule has 2 rings (SSSR count). The maximum atomic E-state index is 12.3. The zero-order valence-electron chi connectivity index (χ0n) is 11.1. The molecular formula is C14H18Cl2N2O. The molecule has 1 aromatic carbocycles. The van der Waals surface area contributed by atoms with Crippen LogP contribution in [0.1, 0.15) is 24.8 Å². The van der Waals surface area contributed by atoms with Gasteiger partial charge >= 0.3 is 0 Å². The number of carbonyl (C=O) groups is 1. The third-order valence-corrected chi connectivity index (χ3v) is 4.45. The minimum absolute atomic E-state index is 0.135. The third kappa shape index (κ3) is 3.04. The van der Waals surface area contributed by atoms with E-state index in [1.807, 2.05) is 26.1 Å². The molecule has 1 aliphatic heterocycles. The van der Waals surface area contributed by atoms with Crippen LogP contribution in [0.15, 0.2) is 18.2 Å².